The zero-order chi connectivity index (χ0) is 74.8. The largest absolute Gasteiger partial charge is 0.481 e. The van der Waals surface area contributed by atoms with Crippen LogP contribution in [0, 0.1) is 24.3 Å². The zero-order valence-corrected chi connectivity index (χ0v) is 68.1. The van der Waals surface area contributed by atoms with Gasteiger partial charge in [-0.15, -0.1) is 137 Å². The summed E-state index contributed by atoms with van der Waals surface area (Å²) in [5.74, 6) is -3.77. The second-order valence-corrected chi connectivity index (χ2v) is 23.1. The molecule has 0 amide bonds. The van der Waals surface area contributed by atoms with Crippen LogP contribution >= 0.6 is 0 Å². The standard InChI is InChI=1S/C15H10N.C13H8NO.C13H8N.C11H8N.3C10H7NO2.C8H5NO3.4Ir/c1-2-7-13(8-3-1)15-14-9-5-4-6-12(14)10-11-16-15;1-2-6-10(7-3-1)13-14-11-8-4-5-9-12(11)15-13;1-2-6-12-10(4-1)7-8-11-5-3-9-14-13(11)12;1-2-6-10(7-3-1)11-8-4-5-9-12-11;2*12-10(13)9-5-7-3-1-2-4-8(7)6-11-9;12-10(13)9-8-4-2-1-3-7(8)5-6-11-9;10-8(11)7-9-5-3-1-2-4-6(5)12-7;;;;/h1-7,9-11H;1-6,8-9H;1-5,7-9H;1-6,8-9H;3*1-6H,(H,12,13);1-4H,(H,10,11);;;;/q4*-1;;;;;;;;. The summed E-state index contributed by atoms with van der Waals surface area (Å²) < 4.78 is 10.5. The predicted molar refractivity (Wildman–Crippen MR) is 418 cm³/mol. The molecule has 0 bridgehead atoms. The topological polar surface area (TPSA) is 279 Å². The first kappa shape index (κ1) is 84.9. The van der Waals surface area contributed by atoms with E-state index in [4.69, 9.17) is 29.3 Å². The Morgan fingerprint density at radius 3 is 1.33 bits per heavy atom. The summed E-state index contributed by atoms with van der Waals surface area (Å²) in [6.07, 6.45) is 10.1. The molecular weight excluding hydrogens is 2120 g/mol. The van der Waals surface area contributed by atoms with Gasteiger partial charge in [-0.3, -0.25) is 4.98 Å². The van der Waals surface area contributed by atoms with E-state index in [-0.39, 0.29) is 103 Å². The van der Waals surface area contributed by atoms with Crippen LogP contribution in [-0.4, -0.2) is 84.2 Å². The number of carboxylic acid groups (broad SMARTS) is 4. The van der Waals surface area contributed by atoms with Crippen LogP contribution in [0.4, 0.5) is 0 Å². The van der Waals surface area contributed by atoms with E-state index in [0.29, 0.717) is 22.4 Å². The normalized spacial score (nSPS) is 9.96. The Morgan fingerprint density at radius 2 is 0.777 bits per heavy atom. The second kappa shape index (κ2) is 42.9. The molecule has 0 aliphatic rings. The first-order valence-corrected chi connectivity index (χ1v) is 33.4. The molecule has 0 aliphatic heterocycles. The van der Waals surface area contributed by atoms with Crippen LogP contribution in [-0.2, 0) is 80.4 Å². The third-order valence-corrected chi connectivity index (χ3v) is 16.0. The molecule has 8 heterocycles. The number of aromatic carboxylic acids is 4. The molecule has 0 atom stereocenters. The Balaban J connectivity index is 0.000000160. The van der Waals surface area contributed by atoms with Gasteiger partial charge in [-0.25, -0.2) is 39.1 Å². The van der Waals surface area contributed by atoms with Crippen molar-refractivity contribution in [3.8, 4) is 34.0 Å². The van der Waals surface area contributed by atoms with Gasteiger partial charge >= 0.3 is 29.8 Å². The van der Waals surface area contributed by atoms with Gasteiger partial charge in [0.15, 0.2) is 11.3 Å². The fourth-order valence-corrected chi connectivity index (χ4v) is 10.9. The molecule has 11 aromatic carbocycles. The van der Waals surface area contributed by atoms with Crippen molar-refractivity contribution in [3.05, 3.63) is 388 Å². The summed E-state index contributed by atoms with van der Waals surface area (Å²) in [5.41, 5.74) is 8.99. The van der Waals surface area contributed by atoms with E-state index in [0.717, 1.165) is 77.0 Å². The van der Waals surface area contributed by atoms with E-state index < -0.39 is 23.9 Å². The van der Waals surface area contributed by atoms with E-state index in [1.807, 2.05) is 225 Å². The van der Waals surface area contributed by atoms with Crippen molar-refractivity contribution in [2.24, 2.45) is 0 Å². The molecule has 0 unspecified atom stereocenters. The molecule has 18 nitrogen and oxygen atoms in total. The number of oxazole rings is 2. The number of hydrogen-bond acceptors (Lipinski definition) is 14. The van der Waals surface area contributed by atoms with Gasteiger partial charge in [-0.2, -0.15) is 0 Å². The number of hydrogen-bond donors (Lipinski definition) is 4. The maximum absolute atomic E-state index is 10.8. The van der Waals surface area contributed by atoms with Crippen LogP contribution in [0.25, 0.3) is 121 Å². The summed E-state index contributed by atoms with van der Waals surface area (Å²) in [6.45, 7) is 0. The van der Waals surface area contributed by atoms with E-state index in [1.165, 1.54) is 27.7 Å². The van der Waals surface area contributed by atoms with Crippen LogP contribution in [0.15, 0.2) is 349 Å². The number of aromatic nitrogens is 8. The number of para-hydroxylation sites is 4. The Hall–Kier alpha value is -12.7. The maximum atomic E-state index is 10.8. The summed E-state index contributed by atoms with van der Waals surface area (Å²) in [5, 5.41) is 45.8. The average molecular weight is 2180 g/mol. The first-order valence-electron chi connectivity index (χ1n) is 33.4. The third-order valence-electron chi connectivity index (χ3n) is 16.0. The monoisotopic (exact) mass is 2180 g/mol. The number of nitrogens with zero attached hydrogens (tertiary/aromatic N) is 8. The van der Waals surface area contributed by atoms with Gasteiger partial charge in [0.2, 0.25) is 0 Å². The molecule has 0 saturated carbocycles. The smallest absolute Gasteiger partial charge is 0.392 e. The molecule has 8 aromatic heterocycles. The van der Waals surface area contributed by atoms with Crippen molar-refractivity contribution >= 4 is 111 Å². The Bertz CT molecular complexity index is 6010. The van der Waals surface area contributed by atoms with E-state index in [9.17, 15) is 19.2 Å². The fraction of sp³-hybridized carbons (Fsp3) is 0. The van der Waals surface area contributed by atoms with E-state index in [2.05, 4.69) is 101 Å². The van der Waals surface area contributed by atoms with Gasteiger partial charge < -0.3 is 44.2 Å². The summed E-state index contributed by atoms with van der Waals surface area (Å²) in [4.78, 5) is 74.9. The number of benzene rings is 11. The molecule has 0 spiro atoms. The second-order valence-electron chi connectivity index (χ2n) is 23.1. The molecule has 4 N–H and O–H groups in total. The molecular formula is C90H60Ir4N8O10-4. The quantitative estimate of drug-likeness (QED) is 0.0852. The Kier molecular flexibility index (Phi) is 32.5. The van der Waals surface area contributed by atoms with Gasteiger partial charge in [0, 0.05) is 134 Å². The van der Waals surface area contributed by atoms with Crippen LogP contribution < -0.4 is 0 Å². The minimum absolute atomic E-state index is 0. The number of carbonyl (C=O) groups is 4. The molecule has 22 heteroatoms. The average Bonchev–Trinajstić information content (AvgIpc) is 1.17. The summed E-state index contributed by atoms with van der Waals surface area (Å²) in [7, 11) is 0. The molecule has 0 fully saturated rings. The summed E-state index contributed by atoms with van der Waals surface area (Å²) >= 11 is 0. The van der Waals surface area contributed by atoms with Crippen molar-refractivity contribution in [3.63, 3.8) is 0 Å². The van der Waals surface area contributed by atoms with Crippen LogP contribution in [0.5, 0.6) is 0 Å². The van der Waals surface area contributed by atoms with Crippen molar-refractivity contribution in [1.29, 1.82) is 0 Å². The predicted octanol–water partition coefficient (Wildman–Crippen LogP) is 20.0. The van der Waals surface area contributed by atoms with Crippen molar-refractivity contribution < 1.29 is 129 Å². The SMILES string of the molecule is O=C(O)c1cc2ccccc2cn1.O=C(O)c1cc2ccccc2cn1.O=C(O)c1nc2ccccc2o1.O=C(O)c1nccc2ccccc12.[Ir].[Ir].[Ir].[Ir].[c-]1cccc2ccc3cccnc3c12.[c-]1ccccc1-c1ccccn1.[c-]1ccccc1-c1nc2ccccc2o1.[c-]1ccccc1-c1nccc2ccccc12. The summed E-state index contributed by atoms with van der Waals surface area (Å²) in [6, 6.07) is 108. The third kappa shape index (κ3) is 22.9. The van der Waals surface area contributed by atoms with Crippen molar-refractivity contribution in [2.75, 3.05) is 0 Å². The van der Waals surface area contributed by atoms with Gasteiger partial charge in [0.1, 0.15) is 28.4 Å². The van der Waals surface area contributed by atoms with E-state index >= 15 is 0 Å². The molecule has 4 radical (unpaired) electrons. The number of pyridine rings is 6. The van der Waals surface area contributed by atoms with Crippen molar-refractivity contribution in [2.45, 2.75) is 0 Å². The van der Waals surface area contributed by atoms with Gasteiger partial charge in [-0.1, -0.05) is 157 Å². The molecule has 19 rings (SSSR count). The van der Waals surface area contributed by atoms with Gasteiger partial charge in [0.25, 0.3) is 0 Å². The van der Waals surface area contributed by atoms with E-state index in [1.54, 1.807) is 73.2 Å². The number of rotatable bonds is 7. The number of fused-ring (bicyclic) bond motifs is 9. The molecule has 560 valence electrons. The Morgan fingerprint density at radius 1 is 0.312 bits per heavy atom. The van der Waals surface area contributed by atoms with Gasteiger partial charge in [0.05, 0.1) is 5.52 Å². The van der Waals surface area contributed by atoms with Crippen LogP contribution in [0.1, 0.15) is 42.2 Å². The zero-order valence-electron chi connectivity index (χ0n) is 58.5. The van der Waals surface area contributed by atoms with Crippen LogP contribution in [0.2, 0.25) is 0 Å². The molecule has 112 heavy (non-hydrogen) atoms. The fourth-order valence-electron chi connectivity index (χ4n) is 10.9. The minimum Gasteiger partial charge on any atom is -0.481 e. The first-order chi connectivity index (χ1) is 52.9. The maximum Gasteiger partial charge on any atom is 0.392 e. The minimum atomic E-state index is -1.15. The number of carboxylic acids is 4. The Labute approximate surface area is 695 Å². The van der Waals surface area contributed by atoms with Crippen LogP contribution in [0.3, 0.4) is 0 Å². The van der Waals surface area contributed by atoms with Crippen molar-refractivity contribution in [1.82, 2.24) is 39.9 Å². The molecule has 0 saturated heterocycles. The molecule has 0 aliphatic carbocycles. The van der Waals surface area contributed by atoms with Gasteiger partial charge in [-0.05, 0) is 110 Å². The molecule has 19 aromatic rings.